The molecule has 0 N–H and O–H groups in total. The van der Waals surface area contributed by atoms with Crippen molar-refractivity contribution in [2.45, 2.75) is 33.1 Å². The van der Waals surface area contributed by atoms with E-state index in [1.54, 1.807) is 0 Å². The van der Waals surface area contributed by atoms with E-state index in [0.29, 0.717) is 5.69 Å². The van der Waals surface area contributed by atoms with Gasteiger partial charge in [-0.15, -0.1) is 0 Å². The molecular formula is C16H21N3O. The lowest BCUT2D eigenvalue weighted by atomic mass is 9.99. The van der Waals surface area contributed by atoms with Crippen LogP contribution in [0, 0.1) is 5.92 Å². The maximum Gasteiger partial charge on any atom is 0.274 e. The molecule has 2 aromatic heterocycles. The molecule has 0 atom stereocenters. The molecule has 0 aliphatic carbocycles. The Kier molecular flexibility index (Phi) is 3.47. The van der Waals surface area contributed by atoms with Crippen LogP contribution >= 0.6 is 0 Å². The number of aryl methyl sites for hydroxylation is 1. The Morgan fingerprint density at radius 2 is 2.10 bits per heavy atom. The maximum absolute atomic E-state index is 12.7. The molecule has 106 valence electrons. The van der Waals surface area contributed by atoms with Crippen LogP contribution < -0.4 is 0 Å². The summed E-state index contributed by atoms with van der Waals surface area (Å²) in [6.45, 7) is 6.03. The third-order valence-corrected chi connectivity index (χ3v) is 4.21. The van der Waals surface area contributed by atoms with Crippen LogP contribution in [-0.4, -0.2) is 33.3 Å². The molecule has 3 heterocycles. The van der Waals surface area contributed by atoms with Crippen molar-refractivity contribution in [3.63, 3.8) is 0 Å². The number of pyridine rings is 1. The zero-order chi connectivity index (χ0) is 14.1. The van der Waals surface area contributed by atoms with Gasteiger partial charge < -0.3 is 9.30 Å². The van der Waals surface area contributed by atoms with Gasteiger partial charge in [-0.25, -0.2) is 4.98 Å². The van der Waals surface area contributed by atoms with Gasteiger partial charge in [0.25, 0.3) is 5.91 Å². The summed E-state index contributed by atoms with van der Waals surface area (Å²) in [5, 5.41) is 0. The molecule has 0 spiro atoms. The third-order valence-electron chi connectivity index (χ3n) is 4.21. The van der Waals surface area contributed by atoms with Crippen LogP contribution in [0.1, 0.15) is 43.0 Å². The second kappa shape index (κ2) is 5.27. The fraction of sp³-hybridized carbons (Fsp3) is 0.500. The van der Waals surface area contributed by atoms with Gasteiger partial charge in [0.05, 0.1) is 5.52 Å². The highest BCUT2D eigenvalue weighted by molar-refractivity contribution is 5.99. The minimum absolute atomic E-state index is 0.0836. The zero-order valence-electron chi connectivity index (χ0n) is 12.2. The summed E-state index contributed by atoms with van der Waals surface area (Å²) in [6.07, 6.45) is 5.00. The van der Waals surface area contributed by atoms with E-state index in [1.165, 1.54) is 0 Å². The highest BCUT2D eigenvalue weighted by Crippen LogP contribution is 2.20. The Morgan fingerprint density at radius 1 is 1.35 bits per heavy atom. The Morgan fingerprint density at radius 3 is 2.80 bits per heavy atom. The molecular weight excluding hydrogens is 250 g/mol. The first kappa shape index (κ1) is 13.2. The van der Waals surface area contributed by atoms with E-state index in [1.807, 2.05) is 33.7 Å². The van der Waals surface area contributed by atoms with Crippen LogP contribution in [0.3, 0.4) is 0 Å². The van der Waals surface area contributed by atoms with Crippen molar-refractivity contribution in [3.8, 4) is 0 Å². The zero-order valence-corrected chi connectivity index (χ0v) is 12.2. The van der Waals surface area contributed by atoms with E-state index in [9.17, 15) is 4.79 Å². The minimum atomic E-state index is 0.0836. The van der Waals surface area contributed by atoms with Crippen LogP contribution in [0.15, 0.2) is 24.4 Å². The topological polar surface area (TPSA) is 37.6 Å². The average Bonchev–Trinajstić information content (AvgIpc) is 2.86. The number of likely N-dealkylation sites (tertiary alicyclic amines) is 1. The minimum Gasteiger partial charge on any atom is -0.337 e. The molecule has 1 aliphatic rings. The number of hydrogen-bond acceptors (Lipinski definition) is 2. The molecule has 1 saturated heterocycles. The summed E-state index contributed by atoms with van der Waals surface area (Å²) in [5.74, 6) is 1.76. The van der Waals surface area contributed by atoms with Crippen molar-refractivity contribution in [2.24, 2.45) is 5.92 Å². The third kappa shape index (κ3) is 2.19. The summed E-state index contributed by atoms with van der Waals surface area (Å²) >= 11 is 0. The standard InChI is InChI=1S/C16H21N3O/c1-3-14-17-15(13-6-4-5-9-19(13)14)16(20)18-10-7-12(2)8-11-18/h4-6,9,12H,3,7-8,10-11H2,1-2H3. The van der Waals surface area contributed by atoms with Gasteiger partial charge in [0, 0.05) is 25.7 Å². The first-order valence-electron chi connectivity index (χ1n) is 7.46. The van der Waals surface area contributed by atoms with Gasteiger partial charge in [-0.2, -0.15) is 0 Å². The average molecular weight is 271 g/mol. The Bertz CT molecular complexity index is 624. The quantitative estimate of drug-likeness (QED) is 0.842. The molecule has 4 nitrogen and oxygen atoms in total. The largest absolute Gasteiger partial charge is 0.337 e. The van der Waals surface area contributed by atoms with Gasteiger partial charge in [-0.1, -0.05) is 19.9 Å². The molecule has 0 radical (unpaired) electrons. The Balaban J connectivity index is 1.95. The van der Waals surface area contributed by atoms with Crippen molar-refractivity contribution in [3.05, 3.63) is 35.9 Å². The SMILES string of the molecule is CCc1nc(C(=O)N2CCC(C)CC2)c2ccccn12. The number of piperidine rings is 1. The van der Waals surface area contributed by atoms with Gasteiger partial charge in [-0.05, 0) is 30.9 Å². The number of aromatic nitrogens is 2. The fourth-order valence-corrected chi connectivity index (χ4v) is 2.87. The van der Waals surface area contributed by atoms with E-state index in [2.05, 4.69) is 18.8 Å². The molecule has 1 amide bonds. The van der Waals surface area contributed by atoms with Gasteiger partial charge in [0.15, 0.2) is 5.69 Å². The van der Waals surface area contributed by atoms with Crippen LogP contribution in [0.2, 0.25) is 0 Å². The van der Waals surface area contributed by atoms with Crippen molar-refractivity contribution in [2.75, 3.05) is 13.1 Å². The van der Waals surface area contributed by atoms with Crippen LogP contribution in [0.4, 0.5) is 0 Å². The van der Waals surface area contributed by atoms with Gasteiger partial charge in [0.1, 0.15) is 5.82 Å². The number of carbonyl (C=O) groups excluding carboxylic acids is 1. The molecule has 0 bridgehead atoms. The van der Waals surface area contributed by atoms with E-state index in [-0.39, 0.29) is 5.91 Å². The van der Waals surface area contributed by atoms with Crippen LogP contribution in [-0.2, 0) is 6.42 Å². The number of fused-ring (bicyclic) bond motifs is 1. The number of amides is 1. The second-order valence-corrected chi connectivity index (χ2v) is 5.66. The predicted molar refractivity (Wildman–Crippen MR) is 78.9 cm³/mol. The number of rotatable bonds is 2. The maximum atomic E-state index is 12.7. The Labute approximate surface area is 119 Å². The first-order chi connectivity index (χ1) is 9.70. The lowest BCUT2D eigenvalue weighted by Crippen LogP contribution is -2.38. The van der Waals surface area contributed by atoms with Gasteiger partial charge in [0.2, 0.25) is 0 Å². The molecule has 0 saturated carbocycles. The predicted octanol–water partition coefficient (Wildman–Crippen LogP) is 2.77. The van der Waals surface area contributed by atoms with Crippen molar-refractivity contribution < 1.29 is 4.79 Å². The normalized spacial score (nSPS) is 16.8. The summed E-state index contributed by atoms with van der Waals surface area (Å²) in [7, 11) is 0. The Hall–Kier alpha value is -1.84. The number of nitrogens with zero attached hydrogens (tertiary/aromatic N) is 3. The highest BCUT2D eigenvalue weighted by Gasteiger charge is 2.25. The van der Waals surface area contributed by atoms with E-state index < -0.39 is 0 Å². The molecule has 1 aliphatic heterocycles. The molecule has 1 fully saturated rings. The van der Waals surface area contributed by atoms with Crippen molar-refractivity contribution in [1.29, 1.82) is 0 Å². The van der Waals surface area contributed by atoms with E-state index >= 15 is 0 Å². The monoisotopic (exact) mass is 271 g/mol. The molecule has 4 heteroatoms. The molecule has 0 aromatic carbocycles. The lowest BCUT2D eigenvalue weighted by molar-refractivity contribution is 0.0693. The summed E-state index contributed by atoms with van der Waals surface area (Å²) in [6, 6.07) is 5.92. The summed E-state index contributed by atoms with van der Waals surface area (Å²) in [4.78, 5) is 19.2. The number of carbonyl (C=O) groups is 1. The van der Waals surface area contributed by atoms with Crippen LogP contribution in [0.25, 0.3) is 5.52 Å². The number of imidazole rings is 1. The first-order valence-corrected chi connectivity index (χ1v) is 7.46. The summed E-state index contributed by atoms with van der Waals surface area (Å²) < 4.78 is 2.03. The van der Waals surface area contributed by atoms with Gasteiger partial charge in [-0.3, -0.25) is 4.79 Å². The van der Waals surface area contributed by atoms with Gasteiger partial charge >= 0.3 is 0 Å². The molecule has 2 aromatic rings. The van der Waals surface area contributed by atoms with Crippen molar-refractivity contribution in [1.82, 2.24) is 14.3 Å². The van der Waals surface area contributed by atoms with E-state index in [4.69, 9.17) is 0 Å². The molecule has 20 heavy (non-hydrogen) atoms. The fourth-order valence-electron chi connectivity index (χ4n) is 2.87. The highest BCUT2D eigenvalue weighted by atomic mass is 16.2. The van der Waals surface area contributed by atoms with Crippen LogP contribution in [0.5, 0.6) is 0 Å². The second-order valence-electron chi connectivity index (χ2n) is 5.66. The summed E-state index contributed by atoms with van der Waals surface area (Å²) in [5.41, 5.74) is 1.53. The van der Waals surface area contributed by atoms with Crippen molar-refractivity contribution >= 4 is 11.4 Å². The number of hydrogen-bond donors (Lipinski definition) is 0. The smallest absolute Gasteiger partial charge is 0.274 e. The molecule has 0 unspecified atom stereocenters. The lowest BCUT2D eigenvalue weighted by Gasteiger charge is -2.29. The molecule has 3 rings (SSSR count). The van der Waals surface area contributed by atoms with E-state index in [0.717, 1.165) is 49.6 Å².